The van der Waals surface area contributed by atoms with Crippen molar-refractivity contribution in [2.75, 3.05) is 0 Å². The van der Waals surface area contributed by atoms with E-state index in [0.717, 1.165) is 0 Å². The van der Waals surface area contributed by atoms with E-state index in [-0.39, 0.29) is 19.5 Å². The Balaban J connectivity index is 0. The van der Waals surface area contributed by atoms with Crippen molar-refractivity contribution in [3.05, 3.63) is 6.42 Å². The van der Waals surface area contributed by atoms with Gasteiger partial charge in [0.1, 0.15) is 0 Å². The first-order valence-corrected chi connectivity index (χ1v) is 1.15. The van der Waals surface area contributed by atoms with Crippen molar-refractivity contribution in [2.45, 2.75) is 13.8 Å². The molecule has 0 aliphatic rings. The molecule has 0 rings (SSSR count). The summed E-state index contributed by atoms with van der Waals surface area (Å²) in [5.41, 5.74) is 0. The minimum absolute atomic E-state index is 0. The third kappa shape index (κ3) is 17.8. The Hall–Kier alpha value is 0.623. The second-order valence-corrected chi connectivity index (χ2v) is 0.577. The fourth-order valence-corrected chi connectivity index (χ4v) is 0. The van der Waals surface area contributed by atoms with Crippen LogP contribution in [0.4, 0.5) is 0 Å². The maximum absolute atomic E-state index is 2.00. The number of rotatable bonds is 0. The molecular formula is C3H7Rh+. The van der Waals surface area contributed by atoms with Crippen molar-refractivity contribution in [1.82, 2.24) is 0 Å². The maximum atomic E-state index is 2.00. The molecule has 0 aromatic heterocycles. The molecular weight excluding hydrogens is 139 g/mol. The van der Waals surface area contributed by atoms with E-state index in [1.165, 1.54) is 0 Å². The Morgan fingerprint density at radius 2 is 1.25 bits per heavy atom. The Bertz CT molecular complexity index is 3.25. The Morgan fingerprint density at radius 3 is 1.25 bits per heavy atom. The van der Waals surface area contributed by atoms with Crippen molar-refractivity contribution in [2.24, 2.45) is 0 Å². The molecule has 27 valence electrons. The molecule has 0 atom stereocenters. The molecule has 0 nitrogen and oxygen atoms in total. The van der Waals surface area contributed by atoms with E-state index < -0.39 is 0 Å². The molecule has 0 amide bonds. The smallest absolute Gasteiger partial charge is 0.335 e. The number of hydrogen-bond acceptors (Lipinski definition) is 0. The van der Waals surface area contributed by atoms with Crippen LogP contribution >= 0.6 is 0 Å². The van der Waals surface area contributed by atoms with Crippen LogP contribution in [0.1, 0.15) is 13.8 Å². The summed E-state index contributed by atoms with van der Waals surface area (Å²) in [6.07, 6.45) is 2.00. The average molecular weight is 146 g/mol. The Labute approximate surface area is 40.4 Å². The summed E-state index contributed by atoms with van der Waals surface area (Å²) in [5, 5.41) is 0. The van der Waals surface area contributed by atoms with Crippen LogP contribution in [0.3, 0.4) is 0 Å². The molecule has 0 saturated carbocycles. The summed E-state index contributed by atoms with van der Waals surface area (Å²) in [5.74, 6) is 0. The topological polar surface area (TPSA) is 0 Å². The van der Waals surface area contributed by atoms with Gasteiger partial charge in [-0.3, -0.25) is 0 Å². The molecule has 0 saturated heterocycles. The van der Waals surface area contributed by atoms with E-state index >= 15 is 0 Å². The van der Waals surface area contributed by atoms with Gasteiger partial charge in [0, 0.05) is 0 Å². The van der Waals surface area contributed by atoms with Gasteiger partial charge < -0.3 is 6.42 Å². The van der Waals surface area contributed by atoms with Gasteiger partial charge >= 0.3 is 19.5 Å². The third-order valence-electron chi connectivity index (χ3n) is 0. The first kappa shape index (κ1) is 8.82. The van der Waals surface area contributed by atoms with Gasteiger partial charge in [0.05, 0.1) is 0 Å². The summed E-state index contributed by atoms with van der Waals surface area (Å²) in [6.45, 7) is 4.00. The van der Waals surface area contributed by atoms with Crippen molar-refractivity contribution >= 4 is 0 Å². The van der Waals surface area contributed by atoms with Crippen molar-refractivity contribution in [3.8, 4) is 0 Å². The van der Waals surface area contributed by atoms with Crippen LogP contribution in [0.5, 0.6) is 0 Å². The molecule has 0 bridgehead atoms. The Kier molecular flexibility index (Phi) is 20.9. The van der Waals surface area contributed by atoms with Crippen LogP contribution in [0.25, 0.3) is 0 Å². The van der Waals surface area contributed by atoms with Crippen LogP contribution in [-0.4, -0.2) is 0 Å². The molecule has 1 heteroatoms. The Morgan fingerprint density at radius 1 is 1.25 bits per heavy atom. The molecule has 1 radical (unpaired) electrons. The summed E-state index contributed by atoms with van der Waals surface area (Å²) >= 11 is 0. The van der Waals surface area contributed by atoms with Crippen LogP contribution < -0.4 is 0 Å². The normalized spacial score (nSPS) is 4.50. The molecule has 0 fully saturated rings. The first-order valence-electron chi connectivity index (χ1n) is 1.15. The van der Waals surface area contributed by atoms with Gasteiger partial charge in [0.25, 0.3) is 0 Å². The second-order valence-electron chi connectivity index (χ2n) is 0.577. The number of hydrogen-bond donors (Lipinski definition) is 0. The fraction of sp³-hybridized carbons (Fsp3) is 0.667. The van der Waals surface area contributed by atoms with Gasteiger partial charge in [-0.2, -0.15) is 13.8 Å². The first-order chi connectivity index (χ1) is 1.41. The molecule has 0 spiro atoms. The average Bonchev–Trinajstić information content (AvgIpc) is 0.918. The van der Waals surface area contributed by atoms with E-state index in [9.17, 15) is 0 Å². The quantitative estimate of drug-likeness (QED) is 0.356. The molecule has 0 heterocycles. The second kappa shape index (κ2) is 9.46. The van der Waals surface area contributed by atoms with Crippen LogP contribution in [0.2, 0.25) is 0 Å². The SMILES string of the molecule is C[CH-]C.[Rh+2]. The largest absolute Gasteiger partial charge is 2.00 e. The van der Waals surface area contributed by atoms with E-state index in [2.05, 4.69) is 0 Å². The summed E-state index contributed by atoms with van der Waals surface area (Å²) < 4.78 is 0. The zero-order chi connectivity index (χ0) is 2.71. The fourth-order valence-electron chi connectivity index (χ4n) is 0. The van der Waals surface area contributed by atoms with E-state index in [1.807, 2.05) is 20.3 Å². The molecule has 0 unspecified atom stereocenters. The predicted molar refractivity (Wildman–Crippen MR) is 15.6 cm³/mol. The van der Waals surface area contributed by atoms with Gasteiger partial charge in [-0.1, -0.05) is 0 Å². The molecule has 0 aliphatic heterocycles. The molecule has 0 aromatic rings. The van der Waals surface area contributed by atoms with E-state index in [0.29, 0.717) is 0 Å². The predicted octanol–water partition coefficient (Wildman–Crippen LogP) is 1.23. The van der Waals surface area contributed by atoms with Gasteiger partial charge in [-0.15, -0.1) is 0 Å². The third-order valence-corrected chi connectivity index (χ3v) is 0. The molecule has 4 heavy (non-hydrogen) atoms. The van der Waals surface area contributed by atoms with Crippen molar-refractivity contribution in [3.63, 3.8) is 0 Å². The van der Waals surface area contributed by atoms with Crippen molar-refractivity contribution in [1.29, 1.82) is 0 Å². The standard InChI is InChI=1S/C3H7.Rh/c1-3-2;/h3H,1-2H3;/q-1;+2. The summed E-state index contributed by atoms with van der Waals surface area (Å²) in [7, 11) is 0. The maximum Gasteiger partial charge on any atom is 2.00 e. The molecule has 0 aromatic carbocycles. The van der Waals surface area contributed by atoms with Gasteiger partial charge in [0.15, 0.2) is 0 Å². The monoisotopic (exact) mass is 146 g/mol. The van der Waals surface area contributed by atoms with Crippen LogP contribution in [-0.2, 0) is 19.5 Å². The summed E-state index contributed by atoms with van der Waals surface area (Å²) in [4.78, 5) is 0. The van der Waals surface area contributed by atoms with E-state index in [1.54, 1.807) is 0 Å². The van der Waals surface area contributed by atoms with Crippen LogP contribution in [0.15, 0.2) is 0 Å². The molecule has 0 aliphatic carbocycles. The van der Waals surface area contributed by atoms with Crippen molar-refractivity contribution < 1.29 is 19.5 Å². The van der Waals surface area contributed by atoms with Gasteiger partial charge in [0.2, 0.25) is 0 Å². The van der Waals surface area contributed by atoms with Crippen LogP contribution in [0, 0.1) is 6.42 Å². The summed E-state index contributed by atoms with van der Waals surface area (Å²) in [6, 6.07) is 0. The van der Waals surface area contributed by atoms with Gasteiger partial charge in [-0.05, 0) is 0 Å². The molecule has 0 N–H and O–H groups in total. The minimum Gasteiger partial charge on any atom is -0.335 e. The van der Waals surface area contributed by atoms with E-state index in [4.69, 9.17) is 0 Å². The van der Waals surface area contributed by atoms with Gasteiger partial charge in [-0.25, -0.2) is 0 Å². The zero-order valence-electron chi connectivity index (χ0n) is 2.91. The zero-order valence-corrected chi connectivity index (χ0v) is 4.55. The minimum atomic E-state index is 0.